The number of phenols is 1. The Bertz CT molecular complexity index is 1140. The second-order valence-corrected chi connectivity index (χ2v) is 7.41. The number of fused-ring (bicyclic) bond motifs is 1. The summed E-state index contributed by atoms with van der Waals surface area (Å²) in [4.78, 5) is 4.63. The van der Waals surface area contributed by atoms with Gasteiger partial charge in [-0.2, -0.15) is 13.2 Å². The average molecular weight is 417 g/mol. The Hall–Kier alpha value is -3.26. The molecule has 0 bridgehead atoms. The summed E-state index contributed by atoms with van der Waals surface area (Å²) in [7, 11) is 0. The van der Waals surface area contributed by atoms with Crippen LogP contribution in [0.4, 0.5) is 24.5 Å². The second kappa shape index (κ2) is 8.00. The Morgan fingerprint density at radius 1 is 0.931 bits per heavy atom. The summed E-state index contributed by atoms with van der Waals surface area (Å²) < 4.78 is 37.3. The van der Waals surface area contributed by atoms with Crippen molar-refractivity contribution in [3.8, 4) is 16.3 Å². The molecule has 0 fully saturated rings. The number of nitrogens with two attached hydrogens (primary N) is 2. The number of anilines is 2. The van der Waals surface area contributed by atoms with Crippen LogP contribution in [0.2, 0.25) is 0 Å². The molecule has 0 atom stereocenters. The highest BCUT2D eigenvalue weighted by molar-refractivity contribution is 7.21. The summed E-state index contributed by atoms with van der Waals surface area (Å²) in [5.41, 5.74) is 13.6. The van der Waals surface area contributed by atoms with Crippen LogP contribution in [0.25, 0.3) is 20.8 Å². The minimum atomic E-state index is -4.51. The SMILES string of the molecule is Cc1ccc2nc(-c3ccc(N)cc3)sc2c1.Nc1ccc(O)cc1C(F)(F)F. The molecule has 29 heavy (non-hydrogen) atoms. The zero-order valence-electron chi connectivity index (χ0n) is 15.4. The lowest BCUT2D eigenvalue weighted by Gasteiger charge is -2.09. The topological polar surface area (TPSA) is 85.2 Å². The maximum Gasteiger partial charge on any atom is 0.418 e. The summed E-state index contributed by atoms with van der Waals surface area (Å²) in [6, 6.07) is 16.9. The molecule has 0 saturated carbocycles. The Balaban J connectivity index is 0.000000177. The average Bonchev–Trinajstić information content (AvgIpc) is 3.07. The molecule has 0 aliphatic heterocycles. The van der Waals surface area contributed by atoms with Crippen LogP contribution in [0.5, 0.6) is 5.75 Å². The number of benzene rings is 3. The number of aromatic nitrogens is 1. The van der Waals surface area contributed by atoms with Gasteiger partial charge in [-0.3, -0.25) is 0 Å². The number of halogens is 3. The molecule has 0 spiro atoms. The molecule has 0 radical (unpaired) electrons. The van der Waals surface area contributed by atoms with Gasteiger partial charge in [-0.05, 0) is 67.1 Å². The van der Waals surface area contributed by atoms with Crippen molar-refractivity contribution in [2.24, 2.45) is 0 Å². The van der Waals surface area contributed by atoms with Gasteiger partial charge in [-0.1, -0.05) is 6.07 Å². The summed E-state index contributed by atoms with van der Waals surface area (Å²) in [5.74, 6) is -0.448. The Labute approximate surface area is 169 Å². The molecule has 0 saturated heterocycles. The maximum absolute atomic E-state index is 12.0. The number of aryl methyl sites for hydroxylation is 1. The van der Waals surface area contributed by atoms with E-state index in [1.54, 1.807) is 11.3 Å². The van der Waals surface area contributed by atoms with Crippen LogP contribution in [-0.4, -0.2) is 10.1 Å². The largest absolute Gasteiger partial charge is 0.508 e. The van der Waals surface area contributed by atoms with E-state index in [1.807, 2.05) is 24.3 Å². The third-order valence-corrected chi connectivity index (χ3v) is 5.11. The third kappa shape index (κ3) is 4.97. The lowest BCUT2D eigenvalue weighted by Crippen LogP contribution is -2.08. The quantitative estimate of drug-likeness (QED) is 0.268. The molecular formula is C21H18F3N3OS. The molecule has 0 aliphatic carbocycles. The molecule has 5 N–H and O–H groups in total. The first-order chi connectivity index (χ1) is 13.6. The maximum atomic E-state index is 12.0. The number of hydrogen-bond donors (Lipinski definition) is 3. The zero-order valence-corrected chi connectivity index (χ0v) is 16.2. The van der Waals surface area contributed by atoms with E-state index in [-0.39, 0.29) is 5.69 Å². The molecule has 0 amide bonds. The lowest BCUT2D eigenvalue weighted by atomic mass is 10.1. The molecule has 0 unspecified atom stereocenters. The number of hydrogen-bond acceptors (Lipinski definition) is 5. The summed E-state index contributed by atoms with van der Waals surface area (Å²) >= 11 is 1.72. The number of phenolic OH excluding ortho intramolecular Hbond substituents is 1. The van der Waals surface area contributed by atoms with Crippen LogP contribution in [0.3, 0.4) is 0 Å². The first-order valence-corrected chi connectivity index (χ1v) is 9.34. The van der Waals surface area contributed by atoms with Crippen molar-refractivity contribution in [3.63, 3.8) is 0 Å². The van der Waals surface area contributed by atoms with Gasteiger partial charge in [0.25, 0.3) is 0 Å². The molecule has 1 aromatic heterocycles. The minimum absolute atomic E-state index is 0.389. The molecular weight excluding hydrogens is 399 g/mol. The van der Waals surface area contributed by atoms with Crippen molar-refractivity contribution < 1.29 is 18.3 Å². The van der Waals surface area contributed by atoms with Crippen LogP contribution < -0.4 is 11.5 Å². The van der Waals surface area contributed by atoms with Gasteiger partial charge in [0, 0.05) is 16.9 Å². The van der Waals surface area contributed by atoms with Crippen molar-refractivity contribution in [1.82, 2.24) is 4.98 Å². The predicted octanol–water partition coefficient (Wildman–Crippen LogP) is 5.85. The molecule has 1 heterocycles. The van der Waals surface area contributed by atoms with Crippen molar-refractivity contribution in [3.05, 3.63) is 71.8 Å². The fourth-order valence-corrected chi connectivity index (χ4v) is 3.64. The van der Waals surface area contributed by atoms with Gasteiger partial charge in [0.15, 0.2) is 0 Å². The molecule has 4 nitrogen and oxygen atoms in total. The number of nitrogens with zero attached hydrogens (tertiary/aromatic N) is 1. The highest BCUT2D eigenvalue weighted by atomic mass is 32.1. The Morgan fingerprint density at radius 3 is 2.24 bits per heavy atom. The van der Waals surface area contributed by atoms with Crippen molar-refractivity contribution in [1.29, 1.82) is 0 Å². The number of nitrogen functional groups attached to an aromatic ring is 2. The molecule has 4 aromatic rings. The molecule has 150 valence electrons. The van der Waals surface area contributed by atoms with Gasteiger partial charge >= 0.3 is 6.18 Å². The second-order valence-electron chi connectivity index (χ2n) is 6.38. The standard InChI is InChI=1S/C14H12N2S.C7H6F3NO/c1-9-2-7-12-13(8-9)17-14(16-12)10-3-5-11(15)6-4-10;8-7(9,10)5-3-4(12)1-2-6(5)11/h2-8H,15H2,1H3;1-3,12H,11H2. The normalized spacial score (nSPS) is 11.2. The first kappa shape index (κ1) is 20.5. The van der Waals surface area contributed by atoms with Gasteiger partial charge in [0.1, 0.15) is 10.8 Å². The first-order valence-electron chi connectivity index (χ1n) is 8.52. The van der Waals surface area contributed by atoms with E-state index in [4.69, 9.17) is 16.6 Å². The van der Waals surface area contributed by atoms with Gasteiger partial charge in [-0.25, -0.2) is 4.98 Å². The molecule has 0 aliphatic rings. The smallest absolute Gasteiger partial charge is 0.418 e. The molecule has 4 rings (SSSR count). The van der Waals surface area contributed by atoms with Gasteiger partial charge < -0.3 is 16.6 Å². The fourth-order valence-electron chi connectivity index (χ4n) is 2.57. The Morgan fingerprint density at radius 2 is 1.62 bits per heavy atom. The lowest BCUT2D eigenvalue weighted by molar-refractivity contribution is -0.137. The third-order valence-electron chi connectivity index (χ3n) is 4.04. The number of thiazole rings is 1. The van der Waals surface area contributed by atoms with Crippen LogP contribution in [-0.2, 0) is 6.18 Å². The van der Waals surface area contributed by atoms with E-state index in [0.29, 0.717) is 6.07 Å². The van der Waals surface area contributed by atoms with Crippen molar-refractivity contribution in [2.75, 3.05) is 11.5 Å². The monoisotopic (exact) mass is 417 g/mol. The summed E-state index contributed by atoms with van der Waals surface area (Å²) in [5, 5.41) is 9.79. The van der Waals surface area contributed by atoms with E-state index in [1.165, 1.54) is 10.3 Å². The van der Waals surface area contributed by atoms with E-state index in [9.17, 15) is 13.2 Å². The van der Waals surface area contributed by atoms with Crippen LogP contribution in [0, 0.1) is 6.92 Å². The van der Waals surface area contributed by atoms with Gasteiger partial charge in [0.2, 0.25) is 0 Å². The van der Waals surface area contributed by atoms with E-state index < -0.39 is 17.5 Å². The van der Waals surface area contributed by atoms with Crippen LogP contribution in [0.15, 0.2) is 60.7 Å². The van der Waals surface area contributed by atoms with E-state index in [2.05, 4.69) is 30.1 Å². The van der Waals surface area contributed by atoms with Gasteiger partial charge in [0.05, 0.1) is 15.8 Å². The number of rotatable bonds is 1. The number of aromatic hydroxyl groups is 1. The predicted molar refractivity (Wildman–Crippen MR) is 112 cm³/mol. The fraction of sp³-hybridized carbons (Fsp3) is 0.0952. The van der Waals surface area contributed by atoms with Crippen molar-refractivity contribution >= 4 is 32.9 Å². The van der Waals surface area contributed by atoms with Gasteiger partial charge in [-0.15, -0.1) is 11.3 Å². The summed E-state index contributed by atoms with van der Waals surface area (Å²) in [6.07, 6.45) is -4.51. The highest BCUT2D eigenvalue weighted by Gasteiger charge is 2.33. The highest BCUT2D eigenvalue weighted by Crippen LogP contribution is 2.35. The number of alkyl halides is 3. The zero-order chi connectivity index (χ0) is 21.2. The summed E-state index contributed by atoms with van der Waals surface area (Å²) in [6.45, 7) is 2.10. The van der Waals surface area contributed by atoms with E-state index >= 15 is 0 Å². The van der Waals surface area contributed by atoms with Crippen LogP contribution >= 0.6 is 11.3 Å². The van der Waals surface area contributed by atoms with Crippen LogP contribution in [0.1, 0.15) is 11.1 Å². The van der Waals surface area contributed by atoms with E-state index in [0.717, 1.165) is 33.9 Å². The Kier molecular flexibility index (Phi) is 5.65. The van der Waals surface area contributed by atoms with Crippen molar-refractivity contribution in [2.45, 2.75) is 13.1 Å². The molecule has 8 heteroatoms. The minimum Gasteiger partial charge on any atom is -0.508 e. The molecule has 3 aromatic carbocycles.